The van der Waals surface area contributed by atoms with E-state index in [9.17, 15) is 10.2 Å². The molecule has 0 spiro atoms. The zero-order valence-corrected chi connectivity index (χ0v) is 21.2. The van der Waals surface area contributed by atoms with Crippen LogP contribution in [0.1, 0.15) is 99.8 Å². The molecule has 31 heavy (non-hydrogen) atoms. The van der Waals surface area contributed by atoms with Crippen molar-refractivity contribution in [3.8, 4) is 0 Å². The lowest BCUT2D eigenvalue weighted by Gasteiger charge is -2.58. The fourth-order valence-electron chi connectivity index (χ4n) is 8.62. The van der Waals surface area contributed by atoms with Gasteiger partial charge < -0.3 is 10.2 Å². The van der Waals surface area contributed by atoms with Gasteiger partial charge in [0, 0.05) is 0 Å². The van der Waals surface area contributed by atoms with Gasteiger partial charge in [-0.3, -0.25) is 0 Å². The molecule has 0 aromatic carbocycles. The largest absolute Gasteiger partial charge is 0.393 e. The molecule has 9 atom stereocenters. The van der Waals surface area contributed by atoms with Crippen molar-refractivity contribution in [3.05, 3.63) is 23.3 Å². The molecule has 0 radical (unpaired) electrons. The molecule has 176 valence electrons. The number of allylic oxidation sites excluding steroid dienone is 2. The van der Waals surface area contributed by atoms with E-state index in [-0.39, 0.29) is 16.9 Å². The molecule has 0 amide bonds. The maximum Gasteiger partial charge on any atom is 0.0836 e. The third-order valence-corrected chi connectivity index (χ3v) is 10.9. The van der Waals surface area contributed by atoms with E-state index >= 15 is 0 Å². The minimum absolute atomic E-state index is 0.130. The maximum atomic E-state index is 11.8. The molecular weight excluding hydrogens is 380 g/mol. The summed E-state index contributed by atoms with van der Waals surface area (Å²) in [6.07, 6.45) is 13.5. The standard InChI is InChI=1S/C29H48O2/c1-18(2)20(4)19(3)17-29(7,31)26-11-10-24-23-9-8-21-16-22(30)12-14-27(21,5)25(23)13-15-28(24,26)6/h8,11,18-20,22-25,30-31H,9-10,12-17H2,1-7H3/t19-,20-,22?,23+,24+,25+,27+,28+,29-/m1/s1. The molecule has 4 aliphatic rings. The molecule has 0 saturated heterocycles. The van der Waals surface area contributed by atoms with Gasteiger partial charge in [0.25, 0.3) is 0 Å². The number of hydrogen-bond donors (Lipinski definition) is 2. The van der Waals surface area contributed by atoms with E-state index in [1.54, 1.807) is 5.57 Å². The topological polar surface area (TPSA) is 40.5 Å². The van der Waals surface area contributed by atoms with Crippen LogP contribution in [0.3, 0.4) is 0 Å². The minimum atomic E-state index is -0.701. The second-order valence-electron chi connectivity index (χ2n) is 13.0. The van der Waals surface area contributed by atoms with Gasteiger partial charge in [-0.05, 0) is 110 Å². The van der Waals surface area contributed by atoms with Crippen LogP contribution in [0.5, 0.6) is 0 Å². The predicted octanol–water partition coefficient (Wildman–Crippen LogP) is 6.92. The monoisotopic (exact) mass is 428 g/mol. The summed E-state index contributed by atoms with van der Waals surface area (Å²) in [5, 5.41) is 22.0. The highest BCUT2D eigenvalue weighted by atomic mass is 16.3. The van der Waals surface area contributed by atoms with E-state index in [1.165, 1.54) is 24.8 Å². The smallest absolute Gasteiger partial charge is 0.0836 e. The van der Waals surface area contributed by atoms with E-state index in [1.807, 2.05) is 0 Å². The lowest BCUT2D eigenvalue weighted by molar-refractivity contribution is -0.0455. The first kappa shape index (κ1) is 23.6. The van der Waals surface area contributed by atoms with Gasteiger partial charge in [-0.2, -0.15) is 0 Å². The molecule has 0 aromatic heterocycles. The van der Waals surface area contributed by atoms with Gasteiger partial charge in [0.1, 0.15) is 0 Å². The Morgan fingerprint density at radius 1 is 1.00 bits per heavy atom. The Morgan fingerprint density at radius 2 is 1.68 bits per heavy atom. The van der Waals surface area contributed by atoms with E-state index < -0.39 is 5.60 Å². The zero-order valence-electron chi connectivity index (χ0n) is 21.2. The van der Waals surface area contributed by atoms with Crippen molar-refractivity contribution in [2.24, 2.45) is 46.3 Å². The SMILES string of the molecule is CC(C)[C@@H](C)[C@H](C)C[C@@](C)(O)C1=CC[C@H]2[C@@H]3CC=C4CC(O)CC[C@]4(C)[C@H]3CC[C@]12C. The second kappa shape index (κ2) is 8.01. The van der Waals surface area contributed by atoms with Gasteiger partial charge in [0.15, 0.2) is 0 Å². The van der Waals surface area contributed by atoms with E-state index in [0.29, 0.717) is 23.7 Å². The normalized spacial score (nSPS) is 43.8. The van der Waals surface area contributed by atoms with Gasteiger partial charge >= 0.3 is 0 Å². The van der Waals surface area contributed by atoms with Crippen LogP contribution in [0.4, 0.5) is 0 Å². The third-order valence-electron chi connectivity index (χ3n) is 10.9. The number of fused-ring (bicyclic) bond motifs is 5. The molecule has 2 N–H and O–H groups in total. The lowest BCUT2D eigenvalue weighted by Crippen LogP contribution is -2.51. The van der Waals surface area contributed by atoms with Gasteiger partial charge in [0.2, 0.25) is 0 Å². The van der Waals surface area contributed by atoms with E-state index in [4.69, 9.17) is 0 Å². The van der Waals surface area contributed by atoms with Crippen molar-refractivity contribution in [1.29, 1.82) is 0 Å². The van der Waals surface area contributed by atoms with Crippen LogP contribution in [0.15, 0.2) is 23.3 Å². The molecule has 0 bridgehead atoms. The van der Waals surface area contributed by atoms with E-state index in [0.717, 1.165) is 43.9 Å². The van der Waals surface area contributed by atoms with Crippen LogP contribution in [-0.2, 0) is 0 Å². The summed E-state index contributed by atoms with van der Waals surface area (Å²) in [6.45, 7) is 16.4. The van der Waals surface area contributed by atoms with Crippen LogP contribution >= 0.6 is 0 Å². The molecule has 1 unspecified atom stereocenters. The molecule has 0 aliphatic heterocycles. The van der Waals surface area contributed by atoms with Crippen LogP contribution in [-0.4, -0.2) is 21.9 Å². The Labute approximate surface area is 191 Å². The maximum absolute atomic E-state index is 11.8. The first-order valence-electron chi connectivity index (χ1n) is 13.2. The Bertz CT molecular complexity index is 746. The van der Waals surface area contributed by atoms with Crippen LogP contribution in [0, 0.1) is 46.3 Å². The third kappa shape index (κ3) is 3.78. The minimum Gasteiger partial charge on any atom is -0.393 e. The highest BCUT2D eigenvalue weighted by Gasteiger charge is 2.58. The predicted molar refractivity (Wildman–Crippen MR) is 130 cm³/mol. The number of hydrogen-bond acceptors (Lipinski definition) is 2. The molecule has 4 aliphatic carbocycles. The molecule has 0 aromatic rings. The summed E-state index contributed by atoms with van der Waals surface area (Å²) in [4.78, 5) is 0. The second-order valence-corrected chi connectivity index (χ2v) is 13.0. The van der Waals surface area contributed by atoms with Crippen LogP contribution in [0.25, 0.3) is 0 Å². The van der Waals surface area contributed by atoms with Gasteiger partial charge in [-0.15, -0.1) is 0 Å². The highest BCUT2D eigenvalue weighted by Crippen LogP contribution is 2.66. The summed E-state index contributed by atoms with van der Waals surface area (Å²) < 4.78 is 0. The van der Waals surface area contributed by atoms with Gasteiger partial charge in [-0.1, -0.05) is 59.3 Å². The van der Waals surface area contributed by atoms with Crippen molar-refractivity contribution in [1.82, 2.24) is 0 Å². The Hall–Kier alpha value is -0.600. The summed E-state index contributed by atoms with van der Waals surface area (Å²) >= 11 is 0. The Balaban J connectivity index is 1.55. The summed E-state index contributed by atoms with van der Waals surface area (Å²) in [5.74, 6) is 3.92. The number of rotatable bonds is 5. The van der Waals surface area contributed by atoms with Crippen molar-refractivity contribution in [3.63, 3.8) is 0 Å². The van der Waals surface area contributed by atoms with Gasteiger partial charge in [0.05, 0.1) is 11.7 Å². The fourth-order valence-corrected chi connectivity index (χ4v) is 8.62. The molecule has 4 rings (SSSR count). The number of aliphatic hydroxyl groups excluding tert-OH is 1. The highest BCUT2D eigenvalue weighted by molar-refractivity contribution is 5.34. The lowest BCUT2D eigenvalue weighted by atomic mass is 9.47. The average molecular weight is 429 g/mol. The summed E-state index contributed by atoms with van der Waals surface area (Å²) in [6, 6.07) is 0. The average Bonchev–Trinajstić information content (AvgIpc) is 3.05. The first-order chi connectivity index (χ1) is 14.4. The van der Waals surface area contributed by atoms with Crippen molar-refractivity contribution < 1.29 is 10.2 Å². The zero-order chi connectivity index (χ0) is 22.8. The fraction of sp³-hybridized carbons (Fsp3) is 0.862. The Morgan fingerprint density at radius 3 is 2.35 bits per heavy atom. The van der Waals surface area contributed by atoms with Crippen molar-refractivity contribution in [2.45, 2.75) is 112 Å². The molecule has 2 heteroatoms. The van der Waals surface area contributed by atoms with Crippen molar-refractivity contribution >= 4 is 0 Å². The van der Waals surface area contributed by atoms with Crippen LogP contribution < -0.4 is 0 Å². The first-order valence-corrected chi connectivity index (χ1v) is 13.2. The Kier molecular flexibility index (Phi) is 6.09. The quantitative estimate of drug-likeness (QED) is 0.467. The molecule has 2 saturated carbocycles. The molecular formula is C29H48O2. The molecule has 0 heterocycles. The van der Waals surface area contributed by atoms with E-state index in [2.05, 4.69) is 60.6 Å². The van der Waals surface area contributed by atoms with Crippen LogP contribution in [0.2, 0.25) is 0 Å². The number of aliphatic hydroxyl groups is 2. The summed E-state index contributed by atoms with van der Waals surface area (Å²) in [7, 11) is 0. The molecule has 2 nitrogen and oxygen atoms in total. The molecule has 2 fully saturated rings. The van der Waals surface area contributed by atoms with Gasteiger partial charge in [-0.25, -0.2) is 0 Å². The van der Waals surface area contributed by atoms with Crippen molar-refractivity contribution in [2.75, 3.05) is 0 Å². The summed E-state index contributed by atoms with van der Waals surface area (Å²) in [5.41, 5.74) is 2.63.